The van der Waals surface area contributed by atoms with Gasteiger partial charge in [0.05, 0.1) is 56.2 Å². The second-order valence-electron chi connectivity index (χ2n) is 26.0. The van der Waals surface area contributed by atoms with Crippen molar-refractivity contribution in [3.8, 4) is 39.8 Å². The number of rotatable bonds is 22. The van der Waals surface area contributed by atoms with Crippen LogP contribution in [0.2, 0.25) is 0 Å². The molecule has 4 fully saturated rings. The van der Waals surface area contributed by atoms with Gasteiger partial charge in [0, 0.05) is 98.0 Å². The summed E-state index contributed by atoms with van der Waals surface area (Å²) in [6, 6.07) is 36.6. The highest BCUT2D eigenvalue weighted by Crippen LogP contribution is 2.46. The molecule has 7 N–H and O–H groups in total. The van der Waals surface area contributed by atoms with Crippen LogP contribution in [0.3, 0.4) is 0 Å². The average molecular weight is 1330 g/mol. The van der Waals surface area contributed by atoms with Gasteiger partial charge in [0.2, 0.25) is 23.7 Å². The Balaban J connectivity index is 0.596. The first-order chi connectivity index (χ1) is 47.5. The number of carboxylic acid groups (broad SMARTS) is 1. The molecule has 24 nitrogen and oxygen atoms in total. The number of aliphatic hydroxyl groups excluding tert-OH is 1. The number of hydrogen-bond donors (Lipinski definition) is 7. The highest BCUT2D eigenvalue weighted by atomic mass is 16.5. The molecule has 3 aromatic heterocycles. The van der Waals surface area contributed by atoms with E-state index >= 15 is 0 Å². The second kappa shape index (κ2) is 28.3. The van der Waals surface area contributed by atoms with Crippen LogP contribution in [-0.2, 0) is 41.3 Å². The van der Waals surface area contributed by atoms with E-state index in [0.717, 1.165) is 125 Å². The van der Waals surface area contributed by atoms with Crippen molar-refractivity contribution in [2.24, 2.45) is 7.05 Å². The number of carbonyl (C=O) groups excluding carboxylic acids is 5. The van der Waals surface area contributed by atoms with Crippen molar-refractivity contribution < 1.29 is 53.2 Å². The van der Waals surface area contributed by atoms with E-state index in [1.807, 2.05) is 103 Å². The molecular formula is C74H78N12O12. The minimum absolute atomic E-state index is 0.0275. The van der Waals surface area contributed by atoms with Crippen LogP contribution in [0.5, 0.6) is 5.75 Å². The van der Waals surface area contributed by atoms with Gasteiger partial charge in [-0.05, 0) is 115 Å². The summed E-state index contributed by atoms with van der Waals surface area (Å²) in [5, 5.41) is 33.6. The number of imide groups is 1. The number of urea groups is 1. The molecule has 5 aliphatic rings. The monoisotopic (exact) mass is 1330 g/mol. The van der Waals surface area contributed by atoms with Crippen LogP contribution < -0.4 is 41.4 Å². The number of nitrogens with zero attached hydrogens (tertiary/aromatic N) is 7. The number of nitrogens with one attached hydrogen (secondary N) is 5. The number of piperidine rings is 2. The summed E-state index contributed by atoms with van der Waals surface area (Å²) in [6.07, 6.45) is 7.15. The minimum atomic E-state index is -1.60. The first kappa shape index (κ1) is 66.2. The Kier molecular flexibility index (Phi) is 19.1. The number of anilines is 2. The molecule has 24 heteroatoms. The summed E-state index contributed by atoms with van der Waals surface area (Å²) in [5.74, 6) is 3.47. The van der Waals surface area contributed by atoms with Crippen molar-refractivity contribution in [1.82, 2.24) is 50.6 Å². The number of likely N-dealkylation sites (tertiary alicyclic amines) is 1. The second-order valence-corrected chi connectivity index (χ2v) is 26.0. The fourth-order valence-corrected chi connectivity index (χ4v) is 14.0. The number of aliphatic hydroxyl groups is 1. The number of aromatic amines is 1. The van der Waals surface area contributed by atoms with Crippen LogP contribution in [0.1, 0.15) is 92.2 Å². The first-order valence-corrected chi connectivity index (χ1v) is 33.2. The van der Waals surface area contributed by atoms with Gasteiger partial charge in [0.25, 0.3) is 5.56 Å². The fourth-order valence-electron chi connectivity index (χ4n) is 14.0. The summed E-state index contributed by atoms with van der Waals surface area (Å²) in [5.41, 5.74) is 7.81. The van der Waals surface area contributed by atoms with Crippen LogP contribution in [0.25, 0.3) is 44.1 Å². The van der Waals surface area contributed by atoms with Gasteiger partial charge in [-0.15, -0.1) is 0 Å². The molecule has 0 spiro atoms. The van der Waals surface area contributed by atoms with Crippen molar-refractivity contribution >= 4 is 69.3 Å². The van der Waals surface area contributed by atoms with Gasteiger partial charge >= 0.3 is 18.1 Å². The quantitative estimate of drug-likeness (QED) is 0.0333. The van der Waals surface area contributed by atoms with E-state index in [0.29, 0.717) is 46.7 Å². The number of aliphatic carboxylic acids is 1. The summed E-state index contributed by atoms with van der Waals surface area (Å²) in [7, 11) is 3.22. The molecule has 3 saturated heterocycles. The van der Waals surface area contributed by atoms with Gasteiger partial charge < -0.3 is 65.0 Å². The third kappa shape index (κ3) is 13.8. The molecule has 506 valence electrons. The van der Waals surface area contributed by atoms with E-state index in [-0.39, 0.29) is 49.3 Å². The Morgan fingerprint density at radius 3 is 2.24 bits per heavy atom. The minimum Gasteiger partial charge on any atom is -0.495 e. The predicted molar refractivity (Wildman–Crippen MR) is 367 cm³/mol. The molecule has 13 rings (SSSR count). The zero-order chi connectivity index (χ0) is 68.2. The topological polar surface area (TPSA) is 295 Å². The van der Waals surface area contributed by atoms with Crippen LogP contribution in [0.15, 0.2) is 139 Å². The highest BCUT2D eigenvalue weighted by molar-refractivity contribution is 6.07. The molecule has 0 bridgehead atoms. The Morgan fingerprint density at radius 2 is 1.54 bits per heavy atom. The molecule has 0 unspecified atom stereocenters. The molecule has 6 heterocycles. The maximum atomic E-state index is 14.0. The molecular weight excluding hydrogens is 1250 g/mol. The van der Waals surface area contributed by atoms with E-state index in [2.05, 4.69) is 60.9 Å². The largest absolute Gasteiger partial charge is 0.495 e. The van der Waals surface area contributed by atoms with Crippen molar-refractivity contribution in [3.63, 3.8) is 0 Å². The Hall–Kier alpha value is -10.5. The number of carboxylic acids is 1. The maximum absolute atomic E-state index is 14.0. The SMILES string of the molecule is COc1ccc(C#CCNC2(C)CCN(C3CCN(c4nc([C@@](CO)(OC5CC5)c5ccccc5)c5cc(-c6cn(C)c(=O)c7[nH]ccc67)ccc5n4)CC3)CC2)cc1N1CCC(=O)N(CNC(=O)CNC(=O)[C@H](CC(=O)O)NC(=O)OCC2c3ccccc3-c3ccccc32)C1=O. The van der Waals surface area contributed by atoms with Gasteiger partial charge in [0.1, 0.15) is 30.6 Å². The number of carbonyl (C=O) groups is 6. The maximum Gasteiger partial charge on any atom is 0.407 e. The molecule has 0 radical (unpaired) electrons. The fraction of sp³-hybridized carbons (Fsp3) is 0.365. The summed E-state index contributed by atoms with van der Waals surface area (Å²) < 4.78 is 19.7. The van der Waals surface area contributed by atoms with Crippen molar-refractivity contribution in [2.45, 2.75) is 93.5 Å². The average Bonchev–Trinajstić information content (AvgIpc) is 0.990. The van der Waals surface area contributed by atoms with E-state index in [4.69, 9.17) is 24.2 Å². The molecule has 5 aromatic carbocycles. The van der Waals surface area contributed by atoms with Gasteiger partial charge in [-0.3, -0.25) is 28.9 Å². The molecule has 2 atom stereocenters. The number of ether oxygens (including phenoxy) is 3. The van der Waals surface area contributed by atoms with E-state index in [1.165, 1.54) is 12.0 Å². The lowest BCUT2D eigenvalue weighted by atomic mass is 9.87. The lowest BCUT2D eigenvalue weighted by Crippen LogP contribution is -2.56. The van der Waals surface area contributed by atoms with Gasteiger partial charge in [0.15, 0.2) is 5.60 Å². The Bertz CT molecular complexity index is 4460. The number of alkyl carbamates (subject to hydrolysis) is 1. The lowest BCUT2D eigenvalue weighted by Gasteiger charge is -2.45. The number of aromatic nitrogens is 4. The summed E-state index contributed by atoms with van der Waals surface area (Å²) in [4.78, 5) is 112. The predicted octanol–water partition coefficient (Wildman–Crippen LogP) is 7.10. The third-order valence-electron chi connectivity index (χ3n) is 19.6. The molecule has 98 heavy (non-hydrogen) atoms. The normalized spacial score (nSPS) is 17.3. The molecule has 8 aromatic rings. The zero-order valence-corrected chi connectivity index (χ0v) is 54.8. The van der Waals surface area contributed by atoms with Gasteiger partial charge in [-0.25, -0.2) is 24.5 Å². The number of hydrogen-bond acceptors (Lipinski definition) is 16. The smallest absolute Gasteiger partial charge is 0.407 e. The Morgan fingerprint density at radius 1 is 0.816 bits per heavy atom. The molecule has 2 aliphatic carbocycles. The standard InChI is InChI=1S/C74H78N12O12/c1-73(29-36-83(37-30-73)49-26-33-84(34-27-49)70-79-59-23-20-47(57-42-82(2)69(93)66-55(57)25-32-75-66)39-56(59)67(81-70)74(44-87,98-50-21-22-50)48-13-5-4-6-14-48)78-31-11-12-46-19-24-62(96-3)61(38-46)85-35-28-64(89)86(72(85)95)45-77-63(88)41-76-68(92)60(40-65(90)91)80-71(94)97-43-58-53-17-9-7-15-51(53)52-16-8-10-18-54(52)58/h4-10,13-20,23-25,32,38-39,42,49-50,58,60,75,78,87H,21-22,26-31,33-37,40-41,43-45H2,1-3H3,(H,76,92)(H,77,88)(H,80,94)(H,90,91)/t60-,74-/m0/s1. The number of fused-ring (bicyclic) bond motifs is 5. The third-order valence-corrected chi connectivity index (χ3v) is 19.6. The van der Waals surface area contributed by atoms with Gasteiger partial charge in [-0.2, -0.15) is 0 Å². The number of methoxy groups -OCH3 is 1. The van der Waals surface area contributed by atoms with Crippen molar-refractivity contribution in [2.75, 3.05) is 82.6 Å². The van der Waals surface area contributed by atoms with Crippen LogP contribution in [0, 0.1) is 11.8 Å². The summed E-state index contributed by atoms with van der Waals surface area (Å²) >= 11 is 0. The van der Waals surface area contributed by atoms with Crippen LogP contribution >= 0.6 is 0 Å². The summed E-state index contributed by atoms with van der Waals surface area (Å²) in [6.45, 7) is 4.36. The number of benzene rings is 5. The molecule has 1 saturated carbocycles. The lowest BCUT2D eigenvalue weighted by molar-refractivity contribution is -0.139. The van der Waals surface area contributed by atoms with Crippen molar-refractivity contribution in [1.29, 1.82) is 0 Å². The number of aryl methyl sites for hydroxylation is 1. The number of pyridine rings is 1. The van der Waals surface area contributed by atoms with E-state index in [9.17, 15) is 43.8 Å². The van der Waals surface area contributed by atoms with Gasteiger partial charge in [-0.1, -0.05) is 96.8 Å². The van der Waals surface area contributed by atoms with Crippen LogP contribution in [0.4, 0.5) is 21.2 Å². The number of amides is 6. The zero-order valence-electron chi connectivity index (χ0n) is 54.8. The molecule has 6 amide bonds. The van der Waals surface area contributed by atoms with E-state index < -0.39 is 67.1 Å². The van der Waals surface area contributed by atoms with Crippen molar-refractivity contribution in [3.05, 3.63) is 172 Å². The highest BCUT2D eigenvalue weighted by Gasteiger charge is 2.45. The Labute approximate surface area is 565 Å². The molecule has 3 aliphatic heterocycles. The van der Waals surface area contributed by atoms with Crippen LogP contribution in [-0.4, -0.2) is 172 Å². The van der Waals surface area contributed by atoms with E-state index in [1.54, 1.807) is 36.0 Å². The first-order valence-electron chi connectivity index (χ1n) is 33.2. The number of H-pyrrole nitrogens is 1.